The van der Waals surface area contributed by atoms with Crippen LogP contribution in [0.1, 0.15) is 19.4 Å². The van der Waals surface area contributed by atoms with Gasteiger partial charge in [-0.15, -0.1) is 0 Å². The lowest BCUT2D eigenvalue weighted by molar-refractivity contribution is -0.121. The summed E-state index contributed by atoms with van der Waals surface area (Å²) in [6.45, 7) is 6.00. The standard InChI is InChI=1S/C22H24FN3O2S/c1-5-26(6-2)16-12-11-15(19(14-16)28-4)13-20-21(27)25(3)22(29-20)24-18-10-8-7-9-17(18)23/h7-14H,5-6H2,1-4H3/b20-13+,24-22?. The summed E-state index contributed by atoms with van der Waals surface area (Å²) in [4.78, 5) is 21.2. The summed E-state index contributed by atoms with van der Waals surface area (Å²) in [5, 5.41) is 0.435. The molecule has 0 saturated carbocycles. The second kappa shape index (κ2) is 9.13. The fourth-order valence-corrected chi connectivity index (χ4v) is 4.01. The second-order valence-electron chi connectivity index (χ2n) is 6.42. The van der Waals surface area contributed by atoms with E-state index in [-0.39, 0.29) is 11.6 Å². The molecule has 7 heteroatoms. The highest BCUT2D eigenvalue weighted by molar-refractivity contribution is 8.18. The lowest BCUT2D eigenvalue weighted by Gasteiger charge is -2.22. The SMILES string of the molecule is CCN(CC)c1ccc(/C=C2/SC(=Nc3ccccc3F)N(C)C2=O)c(OC)c1. The molecule has 0 bridgehead atoms. The predicted molar refractivity (Wildman–Crippen MR) is 118 cm³/mol. The van der Waals surface area contributed by atoms with Crippen LogP contribution in [0.3, 0.4) is 0 Å². The first kappa shape index (κ1) is 20.9. The fraction of sp³-hybridized carbons (Fsp3) is 0.273. The first-order valence-electron chi connectivity index (χ1n) is 9.42. The van der Waals surface area contributed by atoms with Crippen molar-refractivity contribution in [2.24, 2.45) is 4.99 Å². The largest absolute Gasteiger partial charge is 0.496 e. The maximum Gasteiger partial charge on any atom is 0.266 e. The lowest BCUT2D eigenvalue weighted by Crippen LogP contribution is -2.23. The molecule has 0 spiro atoms. The number of halogens is 1. The average Bonchev–Trinajstić information content (AvgIpc) is 2.99. The van der Waals surface area contributed by atoms with Crippen molar-refractivity contribution in [1.82, 2.24) is 4.90 Å². The molecule has 0 N–H and O–H groups in total. The van der Waals surface area contributed by atoms with E-state index in [0.29, 0.717) is 15.8 Å². The number of likely N-dealkylation sites (N-methyl/N-ethyl adjacent to an activating group) is 1. The summed E-state index contributed by atoms with van der Waals surface area (Å²) in [6.07, 6.45) is 1.79. The Labute approximate surface area is 174 Å². The van der Waals surface area contributed by atoms with Crippen LogP contribution in [0.25, 0.3) is 6.08 Å². The molecular weight excluding hydrogens is 389 g/mol. The van der Waals surface area contributed by atoms with Crippen molar-refractivity contribution in [1.29, 1.82) is 0 Å². The number of nitrogens with zero attached hydrogens (tertiary/aromatic N) is 3. The van der Waals surface area contributed by atoms with E-state index in [0.717, 1.165) is 24.3 Å². The summed E-state index contributed by atoms with van der Waals surface area (Å²) in [6, 6.07) is 12.2. The molecule has 0 radical (unpaired) electrons. The van der Waals surface area contributed by atoms with E-state index < -0.39 is 5.82 Å². The molecule has 1 aliphatic rings. The van der Waals surface area contributed by atoms with Gasteiger partial charge in [0, 0.05) is 37.5 Å². The van der Waals surface area contributed by atoms with E-state index in [2.05, 4.69) is 23.7 Å². The molecule has 1 amide bonds. The molecule has 0 aromatic heterocycles. The zero-order chi connectivity index (χ0) is 21.0. The Morgan fingerprint density at radius 1 is 1.21 bits per heavy atom. The molecule has 0 aliphatic carbocycles. The van der Waals surface area contributed by atoms with Gasteiger partial charge in [-0.2, -0.15) is 0 Å². The Hall–Kier alpha value is -2.80. The smallest absolute Gasteiger partial charge is 0.266 e. The molecule has 5 nitrogen and oxygen atoms in total. The number of carbonyl (C=O) groups is 1. The Kier molecular flexibility index (Phi) is 6.59. The minimum atomic E-state index is -0.424. The number of hydrogen-bond donors (Lipinski definition) is 0. The molecule has 152 valence electrons. The van der Waals surface area contributed by atoms with Crippen LogP contribution in [0.2, 0.25) is 0 Å². The maximum absolute atomic E-state index is 13.9. The van der Waals surface area contributed by atoms with Crippen LogP contribution < -0.4 is 9.64 Å². The molecule has 1 heterocycles. The molecule has 0 atom stereocenters. The third-order valence-electron chi connectivity index (χ3n) is 4.70. The molecule has 0 unspecified atom stereocenters. The van der Waals surface area contributed by atoms with Crippen LogP contribution in [0.4, 0.5) is 15.8 Å². The van der Waals surface area contributed by atoms with E-state index in [1.54, 1.807) is 38.4 Å². The predicted octanol–water partition coefficient (Wildman–Crippen LogP) is 4.91. The minimum absolute atomic E-state index is 0.181. The molecular formula is C22H24FN3O2S. The van der Waals surface area contributed by atoms with Crippen LogP contribution in [-0.2, 0) is 4.79 Å². The minimum Gasteiger partial charge on any atom is -0.496 e. The normalized spacial score (nSPS) is 16.7. The number of methoxy groups -OCH3 is 1. The summed E-state index contributed by atoms with van der Waals surface area (Å²) >= 11 is 1.22. The number of amidine groups is 1. The van der Waals surface area contributed by atoms with Crippen molar-refractivity contribution in [3.05, 3.63) is 58.8 Å². The number of para-hydroxylation sites is 1. The van der Waals surface area contributed by atoms with Gasteiger partial charge in [0.2, 0.25) is 0 Å². The van der Waals surface area contributed by atoms with Gasteiger partial charge in [0.1, 0.15) is 17.3 Å². The fourth-order valence-electron chi connectivity index (χ4n) is 3.04. The highest BCUT2D eigenvalue weighted by atomic mass is 32.2. The Morgan fingerprint density at radius 2 is 1.93 bits per heavy atom. The van der Waals surface area contributed by atoms with Crippen LogP contribution >= 0.6 is 11.8 Å². The Bertz CT molecular complexity index is 970. The molecule has 2 aromatic rings. The number of thioether (sulfide) groups is 1. The van der Waals surface area contributed by atoms with Crippen molar-refractivity contribution < 1.29 is 13.9 Å². The number of ether oxygens (including phenoxy) is 1. The first-order chi connectivity index (χ1) is 14.0. The summed E-state index contributed by atoms with van der Waals surface area (Å²) < 4.78 is 19.5. The zero-order valence-electron chi connectivity index (χ0n) is 17.0. The Balaban J connectivity index is 1.92. The third kappa shape index (κ3) is 4.45. The van der Waals surface area contributed by atoms with Crippen LogP contribution in [0.5, 0.6) is 5.75 Å². The van der Waals surface area contributed by atoms with Gasteiger partial charge in [-0.05, 0) is 56.0 Å². The molecule has 2 aromatic carbocycles. The van der Waals surface area contributed by atoms with Gasteiger partial charge in [0.05, 0.1) is 12.0 Å². The lowest BCUT2D eigenvalue weighted by atomic mass is 10.1. The average molecular weight is 414 g/mol. The van der Waals surface area contributed by atoms with Gasteiger partial charge in [-0.1, -0.05) is 12.1 Å². The van der Waals surface area contributed by atoms with E-state index >= 15 is 0 Å². The van der Waals surface area contributed by atoms with Crippen LogP contribution in [-0.4, -0.2) is 43.2 Å². The van der Waals surface area contributed by atoms with Crippen molar-refractivity contribution in [3.8, 4) is 5.75 Å². The monoisotopic (exact) mass is 413 g/mol. The number of amides is 1. The maximum atomic E-state index is 13.9. The number of anilines is 1. The van der Waals surface area contributed by atoms with E-state index in [1.807, 2.05) is 18.2 Å². The highest BCUT2D eigenvalue weighted by Gasteiger charge is 2.31. The van der Waals surface area contributed by atoms with Gasteiger partial charge in [0.25, 0.3) is 5.91 Å². The van der Waals surface area contributed by atoms with Gasteiger partial charge < -0.3 is 9.64 Å². The van der Waals surface area contributed by atoms with Crippen molar-refractivity contribution in [2.45, 2.75) is 13.8 Å². The second-order valence-corrected chi connectivity index (χ2v) is 7.43. The number of benzene rings is 2. The number of aliphatic imine (C=N–C) groups is 1. The van der Waals surface area contributed by atoms with Gasteiger partial charge in [0.15, 0.2) is 5.17 Å². The Morgan fingerprint density at radius 3 is 2.59 bits per heavy atom. The van der Waals surface area contributed by atoms with Crippen molar-refractivity contribution in [2.75, 3.05) is 32.1 Å². The topological polar surface area (TPSA) is 45.1 Å². The zero-order valence-corrected chi connectivity index (χ0v) is 17.8. The van der Waals surface area contributed by atoms with Gasteiger partial charge in [-0.25, -0.2) is 9.38 Å². The number of carbonyl (C=O) groups excluding carboxylic acids is 1. The van der Waals surface area contributed by atoms with Crippen LogP contribution in [0, 0.1) is 5.82 Å². The molecule has 1 saturated heterocycles. The van der Waals surface area contributed by atoms with Gasteiger partial charge >= 0.3 is 0 Å². The summed E-state index contributed by atoms with van der Waals surface area (Å²) in [5.74, 6) is 0.0879. The first-order valence-corrected chi connectivity index (χ1v) is 10.2. The summed E-state index contributed by atoms with van der Waals surface area (Å²) in [7, 11) is 3.25. The third-order valence-corrected chi connectivity index (χ3v) is 5.76. The van der Waals surface area contributed by atoms with Gasteiger partial charge in [-0.3, -0.25) is 9.69 Å². The molecule has 1 aliphatic heterocycles. The van der Waals surface area contributed by atoms with Crippen molar-refractivity contribution in [3.63, 3.8) is 0 Å². The van der Waals surface area contributed by atoms with E-state index in [4.69, 9.17) is 4.74 Å². The molecule has 29 heavy (non-hydrogen) atoms. The summed E-state index contributed by atoms with van der Waals surface area (Å²) in [5.41, 5.74) is 2.08. The molecule has 3 rings (SSSR count). The molecule has 1 fully saturated rings. The highest BCUT2D eigenvalue weighted by Crippen LogP contribution is 2.36. The van der Waals surface area contributed by atoms with Crippen molar-refractivity contribution >= 4 is 40.3 Å². The number of rotatable bonds is 6. The van der Waals surface area contributed by atoms with Crippen LogP contribution in [0.15, 0.2) is 52.4 Å². The van der Waals surface area contributed by atoms with E-state index in [9.17, 15) is 9.18 Å². The van der Waals surface area contributed by atoms with E-state index in [1.165, 1.54) is 22.7 Å². The quantitative estimate of drug-likeness (QED) is 0.631. The number of hydrogen-bond acceptors (Lipinski definition) is 5.